The number of aryl methyl sites for hydroxylation is 1. The molecule has 2 N–H and O–H groups in total. The number of fused-ring (bicyclic) bond motifs is 1. The molecule has 0 spiro atoms. The van der Waals surface area contributed by atoms with E-state index in [0.29, 0.717) is 37.4 Å². The third kappa shape index (κ3) is 3.56. The second kappa shape index (κ2) is 7.24. The molecule has 0 amide bonds. The summed E-state index contributed by atoms with van der Waals surface area (Å²) in [6, 6.07) is 2.98. The van der Waals surface area contributed by atoms with E-state index in [4.69, 9.17) is 0 Å². The molecule has 1 saturated carbocycles. The van der Waals surface area contributed by atoms with Crippen LogP contribution in [0.1, 0.15) is 31.2 Å². The number of likely N-dealkylation sites (N-methyl/N-ethyl adjacent to an activating group) is 1. The second-order valence-corrected chi connectivity index (χ2v) is 11.7. The zero-order valence-electron chi connectivity index (χ0n) is 16.3. The summed E-state index contributed by atoms with van der Waals surface area (Å²) >= 11 is 0. The van der Waals surface area contributed by atoms with Gasteiger partial charge in [-0.3, -0.25) is 0 Å². The topological polar surface area (TPSA) is 98.8 Å². The zero-order valence-corrected chi connectivity index (χ0v) is 17.9. The molecular weight excluding hydrogens is 400 g/mol. The van der Waals surface area contributed by atoms with Crippen molar-refractivity contribution in [3.63, 3.8) is 0 Å². The summed E-state index contributed by atoms with van der Waals surface area (Å²) in [5, 5.41) is 3.29. The van der Waals surface area contributed by atoms with Gasteiger partial charge in [-0.1, -0.05) is 12.8 Å². The Balaban J connectivity index is 1.69. The molecule has 2 aliphatic heterocycles. The number of nitrogens with one attached hydrogen (secondary N) is 2. The maximum atomic E-state index is 13.2. The van der Waals surface area contributed by atoms with Crippen LogP contribution in [-0.2, 0) is 20.0 Å². The smallest absolute Gasteiger partial charge is 0.244 e. The van der Waals surface area contributed by atoms with Crippen LogP contribution in [0.15, 0.2) is 21.9 Å². The maximum Gasteiger partial charge on any atom is 0.244 e. The molecule has 1 aromatic carbocycles. The average Bonchev–Trinajstić information content (AvgIpc) is 3.15. The van der Waals surface area contributed by atoms with Gasteiger partial charge in [-0.05, 0) is 50.4 Å². The highest BCUT2D eigenvalue weighted by atomic mass is 32.2. The molecule has 2 heterocycles. The highest BCUT2D eigenvalue weighted by Crippen LogP contribution is 2.36. The van der Waals surface area contributed by atoms with Crippen LogP contribution in [0.25, 0.3) is 0 Å². The van der Waals surface area contributed by atoms with Crippen molar-refractivity contribution in [3.05, 3.63) is 17.7 Å². The lowest BCUT2D eigenvalue weighted by atomic mass is 10.0. The van der Waals surface area contributed by atoms with Gasteiger partial charge in [-0.2, -0.15) is 9.03 Å². The summed E-state index contributed by atoms with van der Waals surface area (Å²) in [4.78, 5) is 2.16. The Bertz CT molecular complexity index is 964. The van der Waals surface area contributed by atoms with Crippen LogP contribution in [0, 0.1) is 12.8 Å². The Morgan fingerprint density at radius 3 is 2.36 bits per heavy atom. The monoisotopic (exact) mass is 428 g/mol. The molecule has 2 fully saturated rings. The largest absolute Gasteiger partial charge is 0.368 e. The lowest BCUT2D eigenvalue weighted by Gasteiger charge is -2.34. The van der Waals surface area contributed by atoms with Crippen LogP contribution in [0.3, 0.4) is 0 Å². The Kier molecular flexibility index (Phi) is 5.20. The molecule has 3 aliphatic rings. The van der Waals surface area contributed by atoms with Gasteiger partial charge in [0.2, 0.25) is 20.0 Å². The van der Waals surface area contributed by atoms with Crippen LogP contribution in [-0.4, -0.2) is 65.4 Å². The molecule has 4 rings (SSSR count). The van der Waals surface area contributed by atoms with E-state index >= 15 is 0 Å². The van der Waals surface area contributed by atoms with Crippen molar-refractivity contribution in [2.75, 3.05) is 38.5 Å². The lowest BCUT2D eigenvalue weighted by molar-refractivity contribution is 0.222. The number of benzene rings is 1. The van der Waals surface area contributed by atoms with Crippen LogP contribution >= 0.6 is 0 Å². The third-order valence-corrected chi connectivity index (χ3v) is 9.63. The minimum atomic E-state index is -3.77. The van der Waals surface area contributed by atoms with E-state index < -0.39 is 20.0 Å². The molecule has 1 aromatic rings. The van der Waals surface area contributed by atoms with Crippen molar-refractivity contribution < 1.29 is 16.8 Å². The number of rotatable bonds is 3. The quantitative estimate of drug-likeness (QED) is 0.749. The second-order valence-electron chi connectivity index (χ2n) is 8.11. The Hall–Kier alpha value is -1.20. The van der Waals surface area contributed by atoms with E-state index in [-0.39, 0.29) is 21.9 Å². The summed E-state index contributed by atoms with van der Waals surface area (Å²) in [5.41, 5.74) is 1.05. The van der Waals surface area contributed by atoms with E-state index in [1.807, 2.05) is 7.05 Å². The van der Waals surface area contributed by atoms with E-state index in [1.54, 1.807) is 13.0 Å². The average molecular weight is 429 g/mol. The van der Waals surface area contributed by atoms with Crippen LogP contribution in [0.5, 0.6) is 0 Å². The summed E-state index contributed by atoms with van der Waals surface area (Å²) in [6.45, 7) is 3.86. The third-order valence-electron chi connectivity index (χ3n) is 6.11. The summed E-state index contributed by atoms with van der Waals surface area (Å²) < 4.78 is 56.2. The van der Waals surface area contributed by atoms with Gasteiger partial charge in [0.05, 0.1) is 16.7 Å². The summed E-state index contributed by atoms with van der Waals surface area (Å²) in [6.07, 6.45) is 3.87. The number of piperazine rings is 1. The van der Waals surface area contributed by atoms with Gasteiger partial charge in [0, 0.05) is 26.2 Å². The molecule has 10 heteroatoms. The first kappa shape index (κ1) is 20.1. The van der Waals surface area contributed by atoms with Crippen molar-refractivity contribution in [2.45, 2.75) is 48.6 Å². The fourth-order valence-corrected chi connectivity index (χ4v) is 7.50. The van der Waals surface area contributed by atoms with E-state index in [2.05, 4.69) is 14.9 Å². The summed E-state index contributed by atoms with van der Waals surface area (Å²) in [5.74, 6) is 0.261. The molecule has 0 radical (unpaired) electrons. The number of sulfonamides is 2. The number of nitrogens with zero attached hydrogens (tertiary/aromatic N) is 2. The standard InChI is InChI=1S/C18H28N4O4S2/c1-13-11-15-17(27(23,24)20-18(19-15)14-5-3-4-6-14)12-16(13)28(25,26)22-9-7-21(2)8-10-22/h11-12,14,18-20H,3-10H2,1-2H3/t18-/m0/s1. The Morgan fingerprint density at radius 2 is 1.71 bits per heavy atom. The molecule has 156 valence electrons. The van der Waals surface area contributed by atoms with Crippen molar-refractivity contribution in [1.82, 2.24) is 13.9 Å². The van der Waals surface area contributed by atoms with E-state index in [1.165, 1.54) is 10.4 Å². The molecule has 0 bridgehead atoms. The first-order valence-corrected chi connectivity index (χ1v) is 12.7. The maximum absolute atomic E-state index is 13.2. The first-order chi connectivity index (χ1) is 13.2. The van der Waals surface area contributed by atoms with Gasteiger partial charge in [-0.25, -0.2) is 16.8 Å². The van der Waals surface area contributed by atoms with Gasteiger partial charge < -0.3 is 10.2 Å². The van der Waals surface area contributed by atoms with Crippen LogP contribution in [0.4, 0.5) is 5.69 Å². The van der Waals surface area contributed by atoms with Gasteiger partial charge in [0.1, 0.15) is 4.90 Å². The van der Waals surface area contributed by atoms with Gasteiger partial charge in [0.15, 0.2) is 0 Å². The Labute approximate surface area is 167 Å². The zero-order chi connectivity index (χ0) is 20.1. The first-order valence-electron chi connectivity index (χ1n) is 9.81. The van der Waals surface area contributed by atoms with E-state index in [9.17, 15) is 16.8 Å². The molecule has 1 saturated heterocycles. The minimum Gasteiger partial charge on any atom is -0.368 e. The molecule has 1 atom stereocenters. The molecule has 1 aliphatic carbocycles. The fraction of sp³-hybridized carbons (Fsp3) is 0.667. The van der Waals surface area contributed by atoms with Crippen molar-refractivity contribution in [2.24, 2.45) is 5.92 Å². The number of hydrogen-bond acceptors (Lipinski definition) is 6. The predicted octanol–water partition coefficient (Wildman–Crippen LogP) is 1.15. The van der Waals surface area contributed by atoms with E-state index in [0.717, 1.165) is 25.7 Å². The number of anilines is 1. The number of hydrogen-bond donors (Lipinski definition) is 2. The van der Waals surface area contributed by atoms with Crippen molar-refractivity contribution >= 4 is 25.7 Å². The van der Waals surface area contributed by atoms with Crippen LogP contribution in [0.2, 0.25) is 0 Å². The predicted molar refractivity (Wildman–Crippen MR) is 107 cm³/mol. The lowest BCUT2D eigenvalue weighted by Crippen LogP contribution is -2.49. The van der Waals surface area contributed by atoms with Crippen molar-refractivity contribution in [3.8, 4) is 0 Å². The molecule has 8 nitrogen and oxygen atoms in total. The van der Waals surface area contributed by atoms with Crippen molar-refractivity contribution in [1.29, 1.82) is 0 Å². The molecule has 0 aromatic heterocycles. The van der Waals surface area contributed by atoms with Gasteiger partial charge in [0.25, 0.3) is 0 Å². The SMILES string of the molecule is Cc1cc2c(cc1S(=O)(=O)N1CCN(C)CC1)S(=O)(=O)N[C@@H](C1CCCC1)N2. The van der Waals surface area contributed by atoms with Gasteiger partial charge >= 0.3 is 0 Å². The van der Waals surface area contributed by atoms with Gasteiger partial charge in [-0.15, -0.1) is 0 Å². The molecule has 0 unspecified atom stereocenters. The summed E-state index contributed by atoms with van der Waals surface area (Å²) in [7, 11) is -5.56. The van der Waals surface area contributed by atoms with Crippen LogP contribution < -0.4 is 10.0 Å². The Morgan fingerprint density at radius 1 is 1.07 bits per heavy atom. The fourth-order valence-electron chi connectivity index (χ4n) is 4.38. The minimum absolute atomic E-state index is 0.0139. The molecule has 28 heavy (non-hydrogen) atoms. The normalized spacial score (nSPS) is 26.7. The highest BCUT2D eigenvalue weighted by molar-refractivity contribution is 7.90. The molecular formula is C18H28N4O4S2. The highest BCUT2D eigenvalue weighted by Gasteiger charge is 2.37.